The molecule has 1 aromatic carbocycles. The summed E-state index contributed by atoms with van der Waals surface area (Å²) in [6.07, 6.45) is 2.50. The number of nitrogens with one attached hydrogen (secondary N) is 1. The van der Waals surface area contributed by atoms with E-state index < -0.39 is 0 Å². The summed E-state index contributed by atoms with van der Waals surface area (Å²) in [6.45, 7) is 9.42. The van der Waals surface area contributed by atoms with Crippen LogP contribution in [0.15, 0.2) is 29.2 Å². The Kier molecular flexibility index (Phi) is 4.39. The second-order valence-electron chi connectivity index (χ2n) is 6.10. The van der Waals surface area contributed by atoms with Gasteiger partial charge in [0.2, 0.25) is 0 Å². The third-order valence-corrected chi connectivity index (χ3v) is 6.49. The molecule has 0 bridgehead atoms. The Labute approximate surface area is 127 Å². The van der Waals surface area contributed by atoms with Crippen molar-refractivity contribution in [1.29, 1.82) is 0 Å². The number of benzene rings is 1. The maximum absolute atomic E-state index is 3.60. The van der Waals surface area contributed by atoms with E-state index >= 15 is 0 Å². The predicted octanol–water partition coefficient (Wildman–Crippen LogP) is 3.34. The van der Waals surface area contributed by atoms with E-state index in [9.17, 15) is 0 Å². The van der Waals surface area contributed by atoms with Gasteiger partial charge in [-0.3, -0.25) is 4.90 Å². The Morgan fingerprint density at radius 2 is 2.10 bits per heavy atom. The molecule has 1 saturated heterocycles. The third kappa shape index (κ3) is 2.51. The Hall–Kier alpha value is -0.510. The first-order valence-electron chi connectivity index (χ1n) is 7.96. The maximum Gasteiger partial charge on any atom is 0.0329 e. The van der Waals surface area contributed by atoms with Gasteiger partial charge in [0.05, 0.1) is 0 Å². The molecule has 2 aliphatic rings. The van der Waals surface area contributed by atoms with Crippen LogP contribution in [0.3, 0.4) is 0 Å². The van der Waals surface area contributed by atoms with Crippen molar-refractivity contribution >= 4 is 11.8 Å². The van der Waals surface area contributed by atoms with Crippen molar-refractivity contribution in [3.8, 4) is 0 Å². The monoisotopic (exact) mass is 290 g/mol. The van der Waals surface area contributed by atoms with Crippen LogP contribution in [0.25, 0.3) is 0 Å². The van der Waals surface area contributed by atoms with Gasteiger partial charge in [-0.05, 0) is 24.5 Å². The van der Waals surface area contributed by atoms with Gasteiger partial charge in [0, 0.05) is 48.3 Å². The quantitative estimate of drug-likeness (QED) is 0.915. The molecule has 2 aliphatic heterocycles. The number of hydrogen-bond acceptors (Lipinski definition) is 3. The average Bonchev–Trinajstić information content (AvgIpc) is 2.91. The summed E-state index contributed by atoms with van der Waals surface area (Å²) in [5, 5.41) is 3.60. The van der Waals surface area contributed by atoms with Crippen LogP contribution in [-0.2, 0) is 0 Å². The first kappa shape index (κ1) is 14.4. The average molecular weight is 290 g/mol. The molecule has 1 N–H and O–H groups in total. The Morgan fingerprint density at radius 3 is 2.90 bits per heavy atom. The van der Waals surface area contributed by atoms with Crippen molar-refractivity contribution in [2.75, 3.05) is 31.9 Å². The van der Waals surface area contributed by atoms with Crippen molar-refractivity contribution in [1.82, 2.24) is 10.2 Å². The van der Waals surface area contributed by atoms with Crippen LogP contribution in [0, 0.1) is 0 Å². The summed E-state index contributed by atoms with van der Waals surface area (Å²) in [6, 6.07) is 8.98. The molecule has 0 aromatic heterocycles. The molecule has 1 aromatic rings. The van der Waals surface area contributed by atoms with E-state index in [2.05, 4.69) is 48.3 Å². The van der Waals surface area contributed by atoms with E-state index in [0.717, 1.165) is 13.1 Å². The van der Waals surface area contributed by atoms with Gasteiger partial charge in [-0.15, -0.1) is 11.8 Å². The highest BCUT2D eigenvalue weighted by molar-refractivity contribution is 7.99. The molecule has 3 heteroatoms. The summed E-state index contributed by atoms with van der Waals surface area (Å²) in [4.78, 5) is 4.28. The molecule has 2 heterocycles. The van der Waals surface area contributed by atoms with Gasteiger partial charge in [-0.25, -0.2) is 0 Å². The lowest BCUT2D eigenvalue weighted by atomic mass is 9.87. The summed E-state index contributed by atoms with van der Waals surface area (Å²) >= 11 is 2.04. The molecule has 0 saturated carbocycles. The number of rotatable bonds is 4. The first-order chi connectivity index (χ1) is 9.79. The van der Waals surface area contributed by atoms with E-state index in [-0.39, 0.29) is 0 Å². The summed E-state index contributed by atoms with van der Waals surface area (Å²) in [5.74, 6) is 1.97. The van der Waals surface area contributed by atoms with E-state index in [1.807, 2.05) is 11.8 Å². The largest absolute Gasteiger partial charge is 0.314 e. The fraction of sp³-hybridized carbons (Fsp3) is 0.647. The van der Waals surface area contributed by atoms with Crippen molar-refractivity contribution in [3.05, 3.63) is 29.8 Å². The zero-order valence-corrected chi connectivity index (χ0v) is 13.5. The number of thioether (sulfide) groups is 1. The van der Waals surface area contributed by atoms with Crippen molar-refractivity contribution in [2.24, 2.45) is 0 Å². The normalized spacial score (nSPS) is 25.6. The Morgan fingerprint density at radius 1 is 1.30 bits per heavy atom. The van der Waals surface area contributed by atoms with Crippen LogP contribution in [0.5, 0.6) is 0 Å². The number of nitrogens with zero attached hydrogens (tertiary/aromatic N) is 1. The van der Waals surface area contributed by atoms with Crippen LogP contribution in [0.2, 0.25) is 0 Å². The smallest absolute Gasteiger partial charge is 0.0329 e. The minimum Gasteiger partial charge on any atom is -0.314 e. The minimum absolute atomic E-state index is 0.375. The molecule has 0 amide bonds. The van der Waals surface area contributed by atoms with Gasteiger partial charge in [-0.2, -0.15) is 0 Å². The van der Waals surface area contributed by atoms with Crippen LogP contribution in [0.1, 0.15) is 38.2 Å². The Balaban J connectivity index is 1.77. The minimum atomic E-state index is 0.375. The van der Waals surface area contributed by atoms with Gasteiger partial charge < -0.3 is 5.32 Å². The second kappa shape index (κ2) is 6.08. The third-order valence-electron chi connectivity index (χ3n) is 5.24. The van der Waals surface area contributed by atoms with E-state index in [1.165, 1.54) is 36.6 Å². The van der Waals surface area contributed by atoms with E-state index in [1.54, 1.807) is 5.56 Å². The maximum atomic E-state index is 3.60. The standard InChI is InChI=1S/C17H26N2S/c1-3-17(4-2)13-18-9-10-19(17)11-14-12-20-16-8-6-5-7-15(14)16/h5-8,14,18H,3-4,9-13H2,1-2H3. The Bertz CT molecular complexity index is 456. The van der Waals surface area contributed by atoms with Crippen LogP contribution in [-0.4, -0.2) is 42.4 Å². The molecule has 1 unspecified atom stereocenters. The lowest BCUT2D eigenvalue weighted by molar-refractivity contribution is 0.0481. The molecule has 2 nitrogen and oxygen atoms in total. The summed E-state index contributed by atoms with van der Waals surface area (Å²) in [5.41, 5.74) is 1.96. The van der Waals surface area contributed by atoms with Gasteiger partial charge in [0.15, 0.2) is 0 Å². The fourth-order valence-corrected chi connectivity index (χ4v) is 5.00. The van der Waals surface area contributed by atoms with Crippen molar-refractivity contribution in [2.45, 2.75) is 43.0 Å². The van der Waals surface area contributed by atoms with E-state index in [4.69, 9.17) is 0 Å². The topological polar surface area (TPSA) is 15.3 Å². The molecule has 110 valence electrons. The lowest BCUT2D eigenvalue weighted by Gasteiger charge is -2.48. The molecule has 0 aliphatic carbocycles. The highest BCUT2D eigenvalue weighted by Gasteiger charge is 2.37. The zero-order chi connectivity index (χ0) is 14.0. The second-order valence-corrected chi connectivity index (χ2v) is 7.16. The number of hydrogen-bond donors (Lipinski definition) is 1. The summed E-state index contributed by atoms with van der Waals surface area (Å²) in [7, 11) is 0. The lowest BCUT2D eigenvalue weighted by Crippen LogP contribution is -2.61. The van der Waals surface area contributed by atoms with Crippen LogP contribution >= 0.6 is 11.8 Å². The van der Waals surface area contributed by atoms with Crippen molar-refractivity contribution < 1.29 is 0 Å². The van der Waals surface area contributed by atoms with E-state index in [0.29, 0.717) is 11.5 Å². The van der Waals surface area contributed by atoms with Crippen molar-refractivity contribution in [3.63, 3.8) is 0 Å². The number of piperazine rings is 1. The molecule has 0 spiro atoms. The molecule has 20 heavy (non-hydrogen) atoms. The number of fused-ring (bicyclic) bond motifs is 1. The molecule has 1 fully saturated rings. The van der Waals surface area contributed by atoms with Gasteiger partial charge in [-0.1, -0.05) is 32.0 Å². The molecule has 3 rings (SSSR count). The van der Waals surface area contributed by atoms with Gasteiger partial charge in [0.25, 0.3) is 0 Å². The summed E-state index contributed by atoms with van der Waals surface area (Å²) < 4.78 is 0. The molecular formula is C17H26N2S. The fourth-order valence-electron chi connectivity index (χ4n) is 3.76. The first-order valence-corrected chi connectivity index (χ1v) is 8.95. The molecule has 0 radical (unpaired) electrons. The zero-order valence-electron chi connectivity index (χ0n) is 12.7. The molecule has 1 atom stereocenters. The van der Waals surface area contributed by atoms with Crippen LogP contribution < -0.4 is 5.32 Å². The SMILES string of the molecule is CCC1(CC)CNCCN1CC1CSc2ccccc21. The van der Waals surface area contributed by atoms with Crippen LogP contribution in [0.4, 0.5) is 0 Å². The van der Waals surface area contributed by atoms with Gasteiger partial charge in [0.1, 0.15) is 0 Å². The highest BCUT2D eigenvalue weighted by Crippen LogP contribution is 2.41. The predicted molar refractivity (Wildman–Crippen MR) is 87.7 cm³/mol. The highest BCUT2D eigenvalue weighted by atomic mass is 32.2. The van der Waals surface area contributed by atoms with Gasteiger partial charge >= 0.3 is 0 Å². The molecular weight excluding hydrogens is 264 g/mol.